The van der Waals surface area contributed by atoms with Crippen molar-refractivity contribution in [2.45, 2.75) is 0 Å². The smallest absolute Gasteiger partial charge is 0.321 e. The van der Waals surface area contributed by atoms with Gasteiger partial charge in [0.1, 0.15) is 0 Å². The van der Waals surface area contributed by atoms with Crippen molar-refractivity contribution in [3.8, 4) is 11.5 Å². The number of amides is 1. The lowest BCUT2D eigenvalue weighted by molar-refractivity contribution is -0.394. The highest BCUT2D eigenvalue weighted by Crippen LogP contribution is 2.40. The van der Waals surface area contributed by atoms with Gasteiger partial charge in [0.25, 0.3) is 11.6 Å². The molecule has 0 atom stereocenters. The molecule has 0 saturated carbocycles. The number of ether oxygens (including phenoxy) is 2. The molecule has 27 heavy (non-hydrogen) atoms. The van der Waals surface area contributed by atoms with Gasteiger partial charge in [0.2, 0.25) is 5.75 Å². The minimum Gasteiger partial charge on any atom is -0.492 e. The van der Waals surface area contributed by atoms with Gasteiger partial charge in [-0.1, -0.05) is 30.3 Å². The summed E-state index contributed by atoms with van der Waals surface area (Å²) in [5.74, 6) is -1.32. The Morgan fingerprint density at radius 2 is 1.89 bits per heavy atom. The van der Waals surface area contributed by atoms with Crippen LogP contribution in [0.2, 0.25) is 0 Å². The first-order chi connectivity index (χ1) is 12.9. The number of carbonyl (C=O) groups excluding carboxylic acids is 1. The summed E-state index contributed by atoms with van der Waals surface area (Å²) in [6, 6.07) is 10.7. The van der Waals surface area contributed by atoms with Gasteiger partial charge in [0, 0.05) is 0 Å². The molecule has 0 aromatic heterocycles. The maximum absolute atomic E-state index is 11.8. The number of hydrogen-bond donors (Lipinski definition) is 1. The molecule has 0 unspecified atom stereocenters. The molecule has 1 amide bonds. The number of hydrogen-bond acceptors (Lipinski definition) is 8. The van der Waals surface area contributed by atoms with Crippen LogP contribution in [0.5, 0.6) is 11.5 Å². The van der Waals surface area contributed by atoms with Gasteiger partial charge in [0.05, 0.1) is 35.3 Å². The minimum absolute atomic E-state index is 0.239. The maximum Gasteiger partial charge on any atom is 0.321 e. The second-order valence-electron chi connectivity index (χ2n) is 5.00. The second kappa shape index (κ2) is 8.89. The number of nitrogens with zero attached hydrogens (tertiary/aromatic N) is 3. The number of hydrazone groups is 1. The zero-order valence-electron chi connectivity index (χ0n) is 14.0. The molecule has 140 valence electrons. The molecule has 2 aromatic rings. The van der Waals surface area contributed by atoms with Crippen LogP contribution in [0.1, 0.15) is 5.56 Å². The van der Waals surface area contributed by atoms with Crippen LogP contribution in [0.3, 0.4) is 0 Å². The Labute approximate surface area is 152 Å². The summed E-state index contributed by atoms with van der Waals surface area (Å²) in [5.41, 5.74) is 1.73. The standard InChI is InChI=1S/C16H14N4O7/c1-26-14-8-12(19(22)23)7-13(20(24)25)16(14)27-10-15(21)18-17-9-11-5-3-2-4-6-11/h2-9H,10H2,1H3,(H,18,21)/b17-9+. The van der Waals surface area contributed by atoms with Crippen LogP contribution in [0.15, 0.2) is 47.6 Å². The summed E-state index contributed by atoms with van der Waals surface area (Å²) in [6.45, 7) is -0.610. The number of nitro groups is 2. The van der Waals surface area contributed by atoms with Crippen molar-refractivity contribution in [1.29, 1.82) is 0 Å². The first-order valence-corrected chi connectivity index (χ1v) is 7.43. The Balaban J connectivity index is 2.09. The third-order valence-corrected chi connectivity index (χ3v) is 3.20. The van der Waals surface area contributed by atoms with Gasteiger partial charge in [-0.2, -0.15) is 5.10 Å². The normalized spacial score (nSPS) is 10.4. The van der Waals surface area contributed by atoms with Crippen LogP contribution in [0.4, 0.5) is 11.4 Å². The molecule has 0 radical (unpaired) electrons. The largest absolute Gasteiger partial charge is 0.492 e. The van der Waals surface area contributed by atoms with E-state index in [2.05, 4.69) is 10.5 Å². The van der Waals surface area contributed by atoms with Crippen LogP contribution in [0, 0.1) is 20.2 Å². The van der Waals surface area contributed by atoms with Crippen LogP contribution >= 0.6 is 0 Å². The summed E-state index contributed by atoms with van der Waals surface area (Å²) < 4.78 is 10.0. The van der Waals surface area contributed by atoms with E-state index in [1.165, 1.54) is 13.3 Å². The van der Waals surface area contributed by atoms with E-state index in [1.807, 2.05) is 6.07 Å². The Kier molecular flexibility index (Phi) is 6.36. The molecule has 0 aliphatic heterocycles. The van der Waals surface area contributed by atoms with E-state index < -0.39 is 39.5 Å². The minimum atomic E-state index is -0.865. The summed E-state index contributed by atoms with van der Waals surface area (Å²) >= 11 is 0. The number of carbonyl (C=O) groups is 1. The SMILES string of the molecule is COc1cc([N+](=O)[O-])cc([N+](=O)[O-])c1OCC(=O)N/N=C/c1ccccc1. The van der Waals surface area contributed by atoms with Gasteiger partial charge in [-0.25, -0.2) is 5.43 Å². The molecule has 0 aliphatic carbocycles. The Hall–Kier alpha value is -4.02. The number of non-ortho nitro benzene ring substituents is 1. The van der Waals surface area contributed by atoms with E-state index in [0.29, 0.717) is 0 Å². The van der Waals surface area contributed by atoms with Gasteiger partial charge in [0.15, 0.2) is 12.4 Å². The number of methoxy groups -OCH3 is 1. The maximum atomic E-state index is 11.8. The highest BCUT2D eigenvalue weighted by Gasteiger charge is 2.27. The third kappa shape index (κ3) is 5.22. The number of benzene rings is 2. The molecule has 0 fully saturated rings. The average Bonchev–Trinajstić information content (AvgIpc) is 2.66. The molecule has 1 N–H and O–H groups in total. The Bertz CT molecular complexity index is 884. The van der Waals surface area contributed by atoms with Gasteiger partial charge in [-0.15, -0.1) is 0 Å². The first-order valence-electron chi connectivity index (χ1n) is 7.43. The van der Waals surface area contributed by atoms with E-state index >= 15 is 0 Å². The predicted octanol–water partition coefficient (Wildman–Crippen LogP) is 2.04. The summed E-state index contributed by atoms with van der Waals surface area (Å²) in [7, 11) is 1.17. The fourth-order valence-corrected chi connectivity index (χ4v) is 2.00. The number of nitrogens with one attached hydrogen (secondary N) is 1. The molecule has 11 heteroatoms. The lowest BCUT2D eigenvalue weighted by atomic mass is 10.2. The lowest BCUT2D eigenvalue weighted by Crippen LogP contribution is -2.25. The lowest BCUT2D eigenvalue weighted by Gasteiger charge is -2.10. The van der Waals surface area contributed by atoms with Crippen molar-refractivity contribution in [2.24, 2.45) is 5.10 Å². The summed E-state index contributed by atoms with van der Waals surface area (Å²) in [6.07, 6.45) is 1.41. The van der Waals surface area contributed by atoms with Crippen LogP contribution in [-0.2, 0) is 4.79 Å². The van der Waals surface area contributed by atoms with Crippen LogP contribution in [0.25, 0.3) is 0 Å². The molecule has 11 nitrogen and oxygen atoms in total. The van der Waals surface area contributed by atoms with Crippen molar-refractivity contribution >= 4 is 23.5 Å². The van der Waals surface area contributed by atoms with Crippen molar-refractivity contribution in [1.82, 2.24) is 5.43 Å². The van der Waals surface area contributed by atoms with Crippen molar-refractivity contribution in [2.75, 3.05) is 13.7 Å². The predicted molar refractivity (Wildman–Crippen MR) is 94.0 cm³/mol. The molecule has 0 aliphatic rings. The van der Waals surface area contributed by atoms with Crippen molar-refractivity contribution < 1.29 is 24.1 Å². The van der Waals surface area contributed by atoms with Crippen molar-refractivity contribution in [3.05, 3.63) is 68.3 Å². The zero-order valence-corrected chi connectivity index (χ0v) is 14.0. The Morgan fingerprint density at radius 3 is 2.48 bits per heavy atom. The molecule has 0 saturated heterocycles. The molecule has 0 heterocycles. The second-order valence-corrected chi connectivity index (χ2v) is 5.00. The number of nitro benzene ring substituents is 2. The molecule has 0 spiro atoms. The first kappa shape index (κ1) is 19.3. The fourth-order valence-electron chi connectivity index (χ4n) is 2.00. The monoisotopic (exact) mass is 374 g/mol. The molecule has 0 bridgehead atoms. The van der Waals surface area contributed by atoms with Gasteiger partial charge >= 0.3 is 5.69 Å². The van der Waals surface area contributed by atoms with E-state index in [4.69, 9.17) is 9.47 Å². The average molecular weight is 374 g/mol. The highest BCUT2D eigenvalue weighted by molar-refractivity contribution is 5.83. The van der Waals surface area contributed by atoms with Crippen LogP contribution in [-0.4, -0.2) is 35.7 Å². The topological polar surface area (TPSA) is 146 Å². The molecule has 2 rings (SSSR count). The fraction of sp³-hybridized carbons (Fsp3) is 0.125. The van der Waals surface area contributed by atoms with Crippen LogP contribution < -0.4 is 14.9 Å². The molecular formula is C16H14N4O7. The number of rotatable bonds is 8. The highest BCUT2D eigenvalue weighted by atomic mass is 16.6. The van der Waals surface area contributed by atoms with Gasteiger partial charge in [-0.3, -0.25) is 25.0 Å². The molecular weight excluding hydrogens is 360 g/mol. The summed E-state index contributed by atoms with van der Waals surface area (Å²) in [5, 5.41) is 25.8. The van der Waals surface area contributed by atoms with E-state index in [9.17, 15) is 25.0 Å². The molecule has 2 aromatic carbocycles. The quantitative estimate of drug-likeness (QED) is 0.422. The van der Waals surface area contributed by atoms with E-state index in [1.54, 1.807) is 24.3 Å². The van der Waals surface area contributed by atoms with Crippen molar-refractivity contribution in [3.63, 3.8) is 0 Å². The summed E-state index contributed by atoms with van der Waals surface area (Å²) in [4.78, 5) is 32.2. The zero-order chi connectivity index (χ0) is 19.8. The van der Waals surface area contributed by atoms with Gasteiger partial charge in [-0.05, 0) is 5.56 Å². The Morgan fingerprint density at radius 1 is 1.19 bits per heavy atom. The van der Waals surface area contributed by atoms with Gasteiger partial charge < -0.3 is 9.47 Å². The van der Waals surface area contributed by atoms with E-state index in [0.717, 1.165) is 17.7 Å². The third-order valence-electron chi connectivity index (χ3n) is 3.20. The van der Waals surface area contributed by atoms with E-state index in [-0.39, 0.29) is 5.75 Å².